The third-order valence-corrected chi connectivity index (χ3v) is 2.45. The second kappa shape index (κ2) is 6.22. The molecule has 1 aliphatic heterocycles. The lowest BCUT2D eigenvalue weighted by Gasteiger charge is -2.25. The van der Waals surface area contributed by atoms with Crippen molar-refractivity contribution in [2.24, 2.45) is 0 Å². The molecular formula is C9H16ClNO2. The Kier molecular flexibility index (Phi) is 5.16. The van der Waals surface area contributed by atoms with Gasteiger partial charge in [-0.15, -0.1) is 11.6 Å². The summed E-state index contributed by atoms with van der Waals surface area (Å²) in [5, 5.41) is 0. The summed E-state index contributed by atoms with van der Waals surface area (Å²) in [5.41, 5.74) is 0. The molecule has 1 heterocycles. The smallest absolute Gasteiger partial charge is 0.320 e. The largest absolute Gasteiger partial charge is 0.463 e. The molecule has 1 rings (SSSR count). The topological polar surface area (TPSA) is 29.5 Å². The van der Waals surface area contributed by atoms with Crippen LogP contribution in [0.4, 0.5) is 0 Å². The molecule has 0 aromatic carbocycles. The zero-order chi connectivity index (χ0) is 9.52. The molecule has 1 fully saturated rings. The number of nitrogens with zero attached hydrogens (tertiary/aromatic N) is 1. The summed E-state index contributed by atoms with van der Waals surface area (Å²) in [5.74, 6) is -0.362. The maximum Gasteiger partial charge on any atom is 0.320 e. The van der Waals surface area contributed by atoms with Crippen molar-refractivity contribution >= 4 is 17.6 Å². The molecule has 76 valence electrons. The highest BCUT2D eigenvalue weighted by atomic mass is 35.5. The summed E-state index contributed by atoms with van der Waals surface area (Å²) in [6.07, 6.45) is 3.87. The van der Waals surface area contributed by atoms with Crippen LogP contribution in [0.15, 0.2) is 0 Å². The van der Waals surface area contributed by atoms with Crippen LogP contribution in [0.3, 0.4) is 0 Å². The Hall–Kier alpha value is -0.280. The third kappa shape index (κ3) is 4.48. The number of piperidine rings is 1. The van der Waals surface area contributed by atoms with Gasteiger partial charge in [-0.25, -0.2) is 0 Å². The Bertz CT molecular complexity index is 158. The molecule has 0 spiro atoms. The fourth-order valence-corrected chi connectivity index (χ4v) is 1.59. The number of hydrogen-bond donors (Lipinski definition) is 0. The van der Waals surface area contributed by atoms with Crippen molar-refractivity contribution < 1.29 is 9.53 Å². The van der Waals surface area contributed by atoms with Crippen LogP contribution in [0.2, 0.25) is 0 Å². The molecule has 0 amide bonds. The number of esters is 1. The van der Waals surface area contributed by atoms with Gasteiger partial charge in [0.1, 0.15) is 12.5 Å². The van der Waals surface area contributed by atoms with Gasteiger partial charge in [-0.05, 0) is 25.9 Å². The zero-order valence-electron chi connectivity index (χ0n) is 7.80. The number of ether oxygens (including phenoxy) is 1. The van der Waals surface area contributed by atoms with Crippen molar-refractivity contribution in [3.63, 3.8) is 0 Å². The zero-order valence-corrected chi connectivity index (χ0v) is 8.55. The van der Waals surface area contributed by atoms with E-state index in [4.69, 9.17) is 16.3 Å². The second-order valence-corrected chi connectivity index (χ2v) is 3.52. The Balaban J connectivity index is 2.01. The fraction of sp³-hybridized carbons (Fsp3) is 0.889. The molecule has 1 saturated heterocycles. The van der Waals surface area contributed by atoms with E-state index < -0.39 is 0 Å². The van der Waals surface area contributed by atoms with Crippen LogP contribution in [-0.2, 0) is 9.53 Å². The van der Waals surface area contributed by atoms with Crippen LogP contribution in [0.25, 0.3) is 0 Å². The van der Waals surface area contributed by atoms with Crippen molar-refractivity contribution in [1.82, 2.24) is 4.90 Å². The lowest BCUT2D eigenvalue weighted by molar-refractivity contribution is -0.141. The van der Waals surface area contributed by atoms with Crippen molar-refractivity contribution in [2.75, 3.05) is 32.1 Å². The average molecular weight is 206 g/mol. The normalized spacial score (nSPS) is 18.5. The number of rotatable bonds is 4. The number of carbonyl (C=O) groups is 1. The molecule has 0 aromatic heterocycles. The number of likely N-dealkylation sites (tertiary alicyclic amines) is 1. The van der Waals surface area contributed by atoms with E-state index >= 15 is 0 Å². The minimum atomic E-state index is -0.321. The minimum absolute atomic E-state index is 0.0417. The molecule has 1 aliphatic rings. The average Bonchev–Trinajstić information content (AvgIpc) is 2.19. The first-order chi connectivity index (χ1) is 6.33. The molecule has 3 nitrogen and oxygen atoms in total. The predicted molar refractivity (Wildman–Crippen MR) is 52.0 cm³/mol. The second-order valence-electron chi connectivity index (χ2n) is 3.26. The number of carbonyl (C=O) groups excluding carboxylic acids is 1. The number of hydrogen-bond acceptors (Lipinski definition) is 3. The van der Waals surface area contributed by atoms with E-state index in [-0.39, 0.29) is 11.8 Å². The number of halogens is 1. The molecule has 0 aliphatic carbocycles. The van der Waals surface area contributed by atoms with Crippen LogP contribution in [0, 0.1) is 0 Å². The van der Waals surface area contributed by atoms with Crippen molar-refractivity contribution in [1.29, 1.82) is 0 Å². The van der Waals surface area contributed by atoms with Crippen molar-refractivity contribution in [3.05, 3.63) is 0 Å². The number of alkyl halides is 1. The Morgan fingerprint density at radius 1 is 1.31 bits per heavy atom. The van der Waals surface area contributed by atoms with E-state index in [2.05, 4.69) is 4.90 Å². The molecule has 13 heavy (non-hydrogen) atoms. The highest BCUT2D eigenvalue weighted by molar-refractivity contribution is 6.26. The summed E-state index contributed by atoms with van der Waals surface area (Å²) in [6.45, 7) is 3.60. The quantitative estimate of drug-likeness (QED) is 0.511. The Morgan fingerprint density at radius 3 is 2.62 bits per heavy atom. The lowest BCUT2D eigenvalue weighted by Crippen LogP contribution is -2.33. The SMILES string of the molecule is O=C(CCl)OCCN1CCCCC1. The lowest BCUT2D eigenvalue weighted by atomic mass is 10.1. The molecule has 0 saturated carbocycles. The van der Waals surface area contributed by atoms with Crippen LogP contribution in [0.5, 0.6) is 0 Å². The van der Waals surface area contributed by atoms with Crippen molar-refractivity contribution in [2.45, 2.75) is 19.3 Å². The van der Waals surface area contributed by atoms with Crippen LogP contribution < -0.4 is 0 Å². The fourth-order valence-electron chi connectivity index (χ4n) is 1.51. The first-order valence-electron chi connectivity index (χ1n) is 4.77. The summed E-state index contributed by atoms with van der Waals surface area (Å²) in [4.78, 5) is 13.0. The predicted octanol–water partition coefficient (Wildman–Crippen LogP) is 1.25. The first-order valence-corrected chi connectivity index (χ1v) is 5.30. The highest BCUT2D eigenvalue weighted by Gasteiger charge is 2.09. The van der Waals surface area contributed by atoms with E-state index in [0.717, 1.165) is 19.6 Å². The first kappa shape index (κ1) is 10.8. The summed E-state index contributed by atoms with van der Waals surface area (Å²) in [6, 6.07) is 0. The summed E-state index contributed by atoms with van der Waals surface area (Å²) in [7, 11) is 0. The van der Waals surface area contributed by atoms with Gasteiger partial charge in [-0.2, -0.15) is 0 Å². The van der Waals surface area contributed by atoms with Crippen LogP contribution >= 0.6 is 11.6 Å². The van der Waals surface area contributed by atoms with Gasteiger partial charge in [0, 0.05) is 6.54 Å². The Labute approximate surface area is 84.0 Å². The van der Waals surface area contributed by atoms with Gasteiger partial charge in [0.2, 0.25) is 0 Å². The van der Waals surface area contributed by atoms with Gasteiger partial charge in [0.15, 0.2) is 0 Å². The molecule has 0 N–H and O–H groups in total. The molecule has 0 unspecified atom stereocenters. The van der Waals surface area contributed by atoms with Gasteiger partial charge in [-0.3, -0.25) is 9.69 Å². The van der Waals surface area contributed by atoms with E-state index in [0.29, 0.717) is 6.61 Å². The maximum absolute atomic E-state index is 10.7. The van der Waals surface area contributed by atoms with Gasteiger partial charge in [-0.1, -0.05) is 6.42 Å². The van der Waals surface area contributed by atoms with Gasteiger partial charge >= 0.3 is 5.97 Å². The molecule has 0 atom stereocenters. The van der Waals surface area contributed by atoms with E-state index in [1.54, 1.807) is 0 Å². The van der Waals surface area contributed by atoms with E-state index in [9.17, 15) is 4.79 Å². The summed E-state index contributed by atoms with van der Waals surface area (Å²) < 4.78 is 4.88. The minimum Gasteiger partial charge on any atom is -0.463 e. The molecule has 0 aromatic rings. The summed E-state index contributed by atoms with van der Waals surface area (Å²) >= 11 is 5.29. The van der Waals surface area contributed by atoms with E-state index in [1.165, 1.54) is 19.3 Å². The monoisotopic (exact) mass is 205 g/mol. The molecule has 4 heteroatoms. The standard InChI is InChI=1S/C9H16ClNO2/c10-8-9(12)13-7-6-11-4-2-1-3-5-11/h1-8H2. The molecule has 0 radical (unpaired) electrons. The third-order valence-electron chi connectivity index (χ3n) is 2.23. The van der Waals surface area contributed by atoms with E-state index in [1.807, 2.05) is 0 Å². The molecule has 0 bridgehead atoms. The maximum atomic E-state index is 10.7. The molecular weight excluding hydrogens is 190 g/mol. The van der Waals surface area contributed by atoms with Crippen LogP contribution in [0.1, 0.15) is 19.3 Å². The van der Waals surface area contributed by atoms with Gasteiger partial charge in [0.05, 0.1) is 0 Å². The Morgan fingerprint density at radius 2 is 2.00 bits per heavy atom. The van der Waals surface area contributed by atoms with Gasteiger partial charge in [0.25, 0.3) is 0 Å². The van der Waals surface area contributed by atoms with Crippen molar-refractivity contribution in [3.8, 4) is 0 Å². The highest BCUT2D eigenvalue weighted by Crippen LogP contribution is 2.07. The van der Waals surface area contributed by atoms with Crippen LogP contribution in [-0.4, -0.2) is 43.0 Å². The van der Waals surface area contributed by atoms with Gasteiger partial charge < -0.3 is 4.74 Å².